The van der Waals surface area contributed by atoms with Crippen LogP contribution >= 0.6 is 0 Å². The number of nitrogens with one attached hydrogen (secondary N) is 1. The number of hydrogen-bond acceptors (Lipinski definition) is 7. The molecule has 0 aliphatic carbocycles. The molecule has 25 heavy (non-hydrogen) atoms. The molecule has 8 heteroatoms. The van der Waals surface area contributed by atoms with Gasteiger partial charge in [-0.3, -0.25) is 0 Å². The van der Waals surface area contributed by atoms with E-state index in [1.807, 2.05) is 16.8 Å². The van der Waals surface area contributed by atoms with Crippen LogP contribution in [0.1, 0.15) is 12.8 Å². The molecule has 0 unspecified atom stereocenters. The Bertz CT molecular complexity index is 829. The number of aromatic hydroxyl groups is 1. The van der Waals surface area contributed by atoms with E-state index in [9.17, 15) is 5.11 Å². The highest BCUT2D eigenvalue weighted by molar-refractivity contribution is 5.67. The summed E-state index contributed by atoms with van der Waals surface area (Å²) in [5.41, 5.74) is 1.87. The van der Waals surface area contributed by atoms with Gasteiger partial charge in [-0.25, -0.2) is 9.97 Å². The molecule has 1 fully saturated rings. The second-order valence-electron chi connectivity index (χ2n) is 5.86. The van der Waals surface area contributed by atoms with Crippen molar-refractivity contribution in [1.82, 2.24) is 30.0 Å². The Morgan fingerprint density at radius 2 is 2.08 bits per heavy atom. The fourth-order valence-corrected chi connectivity index (χ4v) is 2.81. The summed E-state index contributed by atoms with van der Waals surface area (Å²) < 4.78 is 7.56. The topological polar surface area (TPSA) is 98.0 Å². The number of benzene rings is 1. The van der Waals surface area contributed by atoms with Crippen molar-refractivity contribution in [3.8, 4) is 28.7 Å². The monoisotopic (exact) mass is 338 g/mol. The molecule has 1 saturated heterocycles. The molecule has 3 aromatic rings. The van der Waals surface area contributed by atoms with Gasteiger partial charge in [-0.05, 0) is 38.1 Å². The van der Waals surface area contributed by atoms with Gasteiger partial charge in [0, 0.05) is 24.0 Å². The molecule has 8 nitrogen and oxygen atoms in total. The lowest BCUT2D eigenvalue weighted by atomic mass is 10.1. The maximum absolute atomic E-state index is 10.3. The summed E-state index contributed by atoms with van der Waals surface area (Å²) in [7, 11) is 0. The van der Waals surface area contributed by atoms with Crippen LogP contribution in [0.15, 0.2) is 43.1 Å². The highest BCUT2D eigenvalue weighted by Crippen LogP contribution is 2.29. The second kappa shape index (κ2) is 6.86. The number of imidazole rings is 1. The molecule has 1 aliphatic rings. The fourth-order valence-electron chi connectivity index (χ4n) is 2.81. The number of hydrogen-bond donors (Lipinski definition) is 2. The van der Waals surface area contributed by atoms with Crippen LogP contribution in [0.4, 0.5) is 0 Å². The summed E-state index contributed by atoms with van der Waals surface area (Å²) in [4.78, 5) is 8.22. The average Bonchev–Trinajstić information content (AvgIpc) is 3.18. The lowest BCUT2D eigenvalue weighted by Crippen LogP contribution is -2.34. The van der Waals surface area contributed by atoms with Gasteiger partial charge in [-0.1, -0.05) is 5.10 Å². The normalized spacial score (nSPS) is 15.2. The number of aromatic nitrogens is 5. The Morgan fingerprint density at radius 1 is 1.20 bits per heavy atom. The summed E-state index contributed by atoms with van der Waals surface area (Å²) in [6.07, 6.45) is 8.71. The van der Waals surface area contributed by atoms with Gasteiger partial charge < -0.3 is 19.7 Å². The van der Waals surface area contributed by atoms with Crippen molar-refractivity contribution in [2.75, 3.05) is 13.1 Å². The molecule has 0 atom stereocenters. The zero-order valence-corrected chi connectivity index (χ0v) is 13.5. The molecule has 128 valence electrons. The molecular formula is C17H18N6O2. The summed E-state index contributed by atoms with van der Waals surface area (Å²) in [6.45, 7) is 1.88. The standard InChI is InChI=1S/C17H18N6O2/c24-16-9-12(23-8-7-19-11-23)1-2-14(16)15-10-20-17(22-21-15)25-13-3-5-18-6-4-13/h1-2,7-11,13,18,24H,3-6H2. The van der Waals surface area contributed by atoms with Crippen molar-refractivity contribution < 1.29 is 9.84 Å². The third-order valence-corrected chi connectivity index (χ3v) is 4.16. The largest absolute Gasteiger partial charge is 0.507 e. The molecule has 2 N–H and O–H groups in total. The number of rotatable bonds is 4. The lowest BCUT2D eigenvalue weighted by Gasteiger charge is -2.22. The Kier molecular flexibility index (Phi) is 4.26. The Morgan fingerprint density at radius 3 is 2.76 bits per heavy atom. The highest BCUT2D eigenvalue weighted by Gasteiger charge is 2.16. The fraction of sp³-hybridized carbons (Fsp3) is 0.294. The molecule has 2 aromatic heterocycles. The SMILES string of the molecule is Oc1cc(-n2ccnc2)ccc1-c1cnc(OC2CCNCC2)nn1. The summed E-state index contributed by atoms with van der Waals surface area (Å²) in [5, 5.41) is 21.8. The van der Waals surface area contributed by atoms with Crippen LogP contribution in [0.25, 0.3) is 16.9 Å². The van der Waals surface area contributed by atoms with Crippen molar-refractivity contribution in [3.05, 3.63) is 43.1 Å². The summed E-state index contributed by atoms with van der Waals surface area (Å²) in [5.74, 6) is 0.106. The number of nitrogens with zero attached hydrogens (tertiary/aromatic N) is 5. The highest BCUT2D eigenvalue weighted by atomic mass is 16.5. The van der Waals surface area contributed by atoms with Crippen LogP contribution in [0.2, 0.25) is 0 Å². The first-order valence-corrected chi connectivity index (χ1v) is 8.18. The maximum atomic E-state index is 10.3. The minimum Gasteiger partial charge on any atom is -0.507 e. The van der Waals surface area contributed by atoms with E-state index >= 15 is 0 Å². The van der Waals surface area contributed by atoms with E-state index in [1.54, 1.807) is 30.9 Å². The van der Waals surface area contributed by atoms with E-state index in [-0.39, 0.29) is 17.9 Å². The smallest absolute Gasteiger partial charge is 0.335 e. The first kappa shape index (κ1) is 15.5. The molecule has 3 heterocycles. The number of piperidine rings is 1. The van der Waals surface area contributed by atoms with Crippen LogP contribution in [0.3, 0.4) is 0 Å². The minimum absolute atomic E-state index is 0.106. The van der Waals surface area contributed by atoms with Crippen molar-refractivity contribution in [1.29, 1.82) is 0 Å². The van der Waals surface area contributed by atoms with Gasteiger partial charge >= 0.3 is 6.01 Å². The maximum Gasteiger partial charge on any atom is 0.335 e. The van der Waals surface area contributed by atoms with E-state index < -0.39 is 0 Å². The molecule has 4 rings (SSSR count). The van der Waals surface area contributed by atoms with Crippen LogP contribution < -0.4 is 10.1 Å². The van der Waals surface area contributed by atoms with E-state index in [2.05, 4.69) is 25.5 Å². The van der Waals surface area contributed by atoms with Crippen LogP contribution in [-0.2, 0) is 0 Å². The Labute approximate surface area is 144 Å². The van der Waals surface area contributed by atoms with Crippen molar-refractivity contribution >= 4 is 0 Å². The van der Waals surface area contributed by atoms with Crippen LogP contribution in [0, 0.1) is 0 Å². The molecule has 0 radical (unpaired) electrons. The van der Waals surface area contributed by atoms with Crippen molar-refractivity contribution in [2.45, 2.75) is 18.9 Å². The van der Waals surface area contributed by atoms with Crippen LogP contribution in [-0.4, -0.2) is 49.0 Å². The van der Waals surface area contributed by atoms with E-state index in [0.717, 1.165) is 31.6 Å². The second-order valence-corrected chi connectivity index (χ2v) is 5.86. The van der Waals surface area contributed by atoms with Gasteiger partial charge in [-0.2, -0.15) is 0 Å². The van der Waals surface area contributed by atoms with Gasteiger partial charge in [0.05, 0.1) is 18.2 Å². The van der Waals surface area contributed by atoms with E-state index in [1.165, 1.54) is 0 Å². The molecule has 1 aromatic carbocycles. The Balaban J connectivity index is 1.51. The van der Waals surface area contributed by atoms with E-state index in [4.69, 9.17) is 4.74 Å². The molecule has 0 saturated carbocycles. The predicted molar refractivity (Wildman–Crippen MR) is 90.6 cm³/mol. The first-order valence-electron chi connectivity index (χ1n) is 8.18. The third kappa shape index (κ3) is 3.43. The molecule has 0 spiro atoms. The predicted octanol–water partition coefficient (Wildman–Crippen LogP) is 1.56. The van der Waals surface area contributed by atoms with Crippen molar-refractivity contribution in [2.24, 2.45) is 0 Å². The molecule has 0 amide bonds. The van der Waals surface area contributed by atoms with Gasteiger partial charge in [0.25, 0.3) is 0 Å². The number of phenolic OH excluding ortho intramolecular Hbond substituents is 1. The van der Waals surface area contributed by atoms with Gasteiger partial charge in [-0.15, -0.1) is 5.10 Å². The average molecular weight is 338 g/mol. The van der Waals surface area contributed by atoms with Gasteiger partial charge in [0.15, 0.2) is 0 Å². The number of phenols is 1. The molecular weight excluding hydrogens is 320 g/mol. The molecule has 0 bridgehead atoms. The minimum atomic E-state index is 0.106. The summed E-state index contributed by atoms with van der Waals surface area (Å²) >= 11 is 0. The van der Waals surface area contributed by atoms with Crippen LogP contribution in [0.5, 0.6) is 11.8 Å². The van der Waals surface area contributed by atoms with E-state index in [0.29, 0.717) is 11.3 Å². The zero-order chi connectivity index (χ0) is 17.1. The quantitative estimate of drug-likeness (QED) is 0.745. The third-order valence-electron chi connectivity index (χ3n) is 4.16. The summed E-state index contributed by atoms with van der Waals surface area (Å²) in [6, 6.07) is 5.57. The van der Waals surface area contributed by atoms with Gasteiger partial charge in [0.1, 0.15) is 17.5 Å². The van der Waals surface area contributed by atoms with Gasteiger partial charge in [0.2, 0.25) is 0 Å². The zero-order valence-electron chi connectivity index (χ0n) is 13.5. The number of ether oxygens (including phenoxy) is 1. The Hall–Kier alpha value is -3.00. The molecule has 1 aliphatic heterocycles. The lowest BCUT2D eigenvalue weighted by molar-refractivity contribution is 0.147. The first-order chi connectivity index (χ1) is 12.3. The van der Waals surface area contributed by atoms with Crippen molar-refractivity contribution in [3.63, 3.8) is 0 Å².